The summed E-state index contributed by atoms with van der Waals surface area (Å²) in [6, 6.07) is 9.51. The number of hydrogen-bond acceptors (Lipinski definition) is 3. The molecule has 1 fully saturated rings. The molecule has 0 radical (unpaired) electrons. The van der Waals surface area contributed by atoms with Crippen molar-refractivity contribution in [2.45, 2.75) is 42.2 Å². The quantitative estimate of drug-likeness (QED) is 0.892. The maximum Gasteiger partial charge on any atom is 0.0415 e. The summed E-state index contributed by atoms with van der Waals surface area (Å²) in [6.45, 7) is 1.17. The first kappa shape index (κ1) is 13.8. The second-order valence-corrected chi connectivity index (χ2v) is 8.05. The molecule has 1 N–H and O–H groups in total. The van der Waals surface area contributed by atoms with Gasteiger partial charge in [-0.05, 0) is 30.2 Å². The zero-order valence-corrected chi connectivity index (χ0v) is 13.3. The van der Waals surface area contributed by atoms with Crippen LogP contribution in [0.1, 0.15) is 42.9 Å². The van der Waals surface area contributed by atoms with E-state index in [9.17, 15) is 0 Å². The van der Waals surface area contributed by atoms with Gasteiger partial charge in [0.05, 0.1) is 0 Å². The minimum Gasteiger partial charge on any atom is -0.308 e. The molecule has 0 spiro atoms. The molecule has 3 rings (SSSR count). The third kappa shape index (κ3) is 2.98. The molecule has 1 aromatic carbocycles. The number of thioether (sulfide) groups is 2. The Hall–Kier alpha value is -0.120. The molecule has 19 heavy (non-hydrogen) atoms. The minimum absolute atomic E-state index is 0.511. The maximum absolute atomic E-state index is 3.87. The fraction of sp³-hybridized carbons (Fsp3) is 0.625. The largest absolute Gasteiger partial charge is 0.308 e. The van der Waals surface area contributed by atoms with E-state index in [0.29, 0.717) is 10.8 Å². The SMILES string of the molecule is CSC1(CNC2CSCc3ccccc32)CCCC1. The fourth-order valence-corrected chi connectivity index (χ4v) is 5.39. The Morgan fingerprint density at radius 3 is 2.89 bits per heavy atom. The molecule has 1 atom stereocenters. The van der Waals surface area contributed by atoms with Gasteiger partial charge in [0.25, 0.3) is 0 Å². The lowest BCUT2D eigenvalue weighted by Gasteiger charge is -2.32. The van der Waals surface area contributed by atoms with E-state index in [2.05, 4.69) is 59.4 Å². The van der Waals surface area contributed by atoms with Crippen molar-refractivity contribution in [2.75, 3.05) is 18.6 Å². The summed E-state index contributed by atoms with van der Waals surface area (Å²) in [7, 11) is 0. The van der Waals surface area contributed by atoms with Gasteiger partial charge in [-0.2, -0.15) is 23.5 Å². The average Bonchev–Trinajstić information content (AvgIpc) is 2.94. The molecule has 0 bridgehead atoms. The molecule has 104 valence electrons. The molecule has 0 amide bonds. The zero-order chi connectivity index (χ0) is 13.1. The first-order chi connectivity index (χ1) is 9.33. The number of hydrogen-bond donors (Lipinski definition) is 1. The molecule has 1 saturated carbocycles. The molecule has 1 heterocycles. The maximum atomic E-state index is 3.87. The van der Waals surface area contributed by atoms with E-state index in [4.69, 9.17) is 0 Å². The van der Waals surface area contributed by atoms with Gasteiger partial charge in [0.1, 0.15) is 0 Å². The van der Waals surface area contributed by atoms with Crippen molar-refractivity contribution in [3.05, 3.63) is 35.4 Å². The predicted octanol–water partition coefficient (Wildman–Crippen LogP) is 4.24. The lowest BCUT2D eigenvalue weighted by molar-refractivity contribution is 0.487. The summed E-state index contributed by atoms with van der Waals surface area (Å²) in [5.41, 5.74) is 3.07. The Balaban J connectivity index is 1.68. The van der Waals surface area contributed by atoms with Crippen LogP contribution >= 0.6 is 23.5 Å². The van der Waals surface area contributed by atoms with Crippen LogP contribution in [0.15, 0.2) is 24.3 Å². The number of fused-ring (bicyclic) bond motifs is 1. The van der Waals surface area contributed by atoms with Crippen molar-refractivity contribution in [3.63, 3.8) is 0 Å². The Morgan fingerprint density at radius 2 is 2.11 bits per heavy atom. The fourth-order valence-electron chi connectivity index (χ4n) is 3.33. The highest BCUT2D eigenvalue weighted by Crippen LogP contribution is 2.40. The van der Waals surface area contributed by atoms with Crippen LogP contribution in [0.2, 0.25) is 0 Å². The molecule has 1 aromatic rings. The standard InChI is InChI=1S/C16H23NS2/c1-18-16(8-4-5-9-16)12-17-15-11-19-10-13-6-2-3-7-14(13)15/h2-3,6-7,15,17H,4-5,8-12H2,1H3. The normalized spacial score (nSPS) is 25.2. The number of nitrogens with one attached hydrogen (secondary N) is 1. The topological polar surface area (TPSA) is 12.0 Å². The number of rotatable bonds is 4. The third-order valence-corrected chi connectivity index (χ3v) is 7.09. The van der Waals surface area contributed by atoms with Crippen molar-refractivity contribution in [3.8, 4) is 0 Å². The molecule has 3 heteroatoms. The van der Waals surface area contributed by atoms with Crippen LogP contribution in [-0.2, 0) is 5.75 Å². The average molecular weight is 294 g/mol. The predicted molar refractivity (Wildman–Crippen MR) is 88.1 cm³/mol. The van der Waals surface area contributed by atoms with Gasteiger partial charge in [0, 0.05) is 28.8 Å². The highest BCUT2D eigenvalue weighted by atomic mass is 32.2. The van der Waals surface area contributed by atoms with Crippen LogP contribution < -0.4 is 5.32 Å². The van der Waals surface area contributed by atoms with Crippen LogP contribution in [-0.4, -0.2) is 23.3 Å². The van der Waals surface area contributed by atoms with Crippen LogP contribution in [0, 0.1) is 0 Å². The van der Waals surface area contributed by atoms with Crippen molar-refractivity contribution in [2.24, 2.45) is 0 Å². The van der Waals surface area contributed by atoms with E-state index in [1.54, 1.807) is 0 Å². The Kier molecular flexibility index (Phi) is 4.45. The monoisotopic (exact) mass is 293 g/mol. The molecule has 1 nitrogen and oxygen atoms in total. The second-order valence-electron chi connectivity index (χ2n) is 5.74. The van der Waals surface area contributed by atoms with Crippen molar-refractivity contribution < 1.29 is 0 Å². The zero-order valence-electron chi connectivity index (χ0n) is 11.7. The molecular weight excluding hydrogens is 270 g/mol. The van der Waals surface area contributed by atoms with Crippen LogP contribution in [0.5, 0.6) is 0 Å². The van der Waals surface area contributed by atoms with Gasteiger partial charge >= 0.3 is 0 Å². The smallest absolute Gasteiger partial charge is 0.0415 e. The molecule has 1 unspecified atom stereocenters. The van der Waals surface area contributed by atoms with E-state index >= 15 is 0 Å². The summed E-state index contributed by atoms with van der Waals surface area (Å²) in [5, 5.41) is 3.87. The van der Waals surface area contributed by atoms with Gasteiger partial charge in [-0.25, -0.2) is 0 Å². The minimum atomic E-state index is 0.511. The second kappa shape index (κ2) is 6.11. The van der Waals surface area contributed by atoms with Gasteiger partial charge in [-0.15, -0.1) is 0 Å². The van der Waals surface area contributed by atoms with Crippen LogP contribution in [0.25, 0.3) is 0 Å². The van der Waals surface area contributed by atoms with Crippen molar-refractivity contribution in [1.82, 2.24) is 5.32 Å². The van der Waals surface area contributed by atoms with Crippen LogP contribution in [0.3, 0.4) is 0 Å². The van der Waals surface area contributed by atoms with E-state index in [-0.39, 0.29) is 0 Å². The summed E-state index contributed by atoms with van der Waals surface area (Å²) in [6.07, 6.45) is 7.90. The van der Waals surface area contributed by atoms with E-state index in [0.717, 1.165) is 0 Å². The van der Waals surface area contributed by atoms with Gasteiger partial charge in [-0.3, -0.25) is 0 Å². The first-order valence-corrected chi connectivity index (χ1v) is 9.65. The summed E-state index contributed by atoms with van der Waals surface area (Å²) >= 11 is 4.15. The molecule has 1 aliphatic carbocycles. The van der Waals surface area contributed by atoms with E-state index in [1.165, 1.54) is 54.9 Å². The molecule has 0 saturated heterocycles. The Morgan fingerprint density at radius 1 is 1.32 bits per heavy atom. The Labute approximate surface area is 125 Å². The third-order valence-electron chi connectivity index (χ3n) is 4.59. The van der Waals surface area contributed by atoms with Crippen LogP contribution in [0.4, 0.5) is 0 Å². The summed E-state index contributed by atoms with van der Waals surface area (Å²) in [4.78, 5) is 0. The highest BCUT2D eigenvalue weighted by Gasteiger charge is 2.33. The first-order valence-electron chi connectivity index (χ1n) is 7.27. The molecule has 1 aliphatic heterocycles. The van der Waals surface area contributed by atoms with Gasteiger partial charge in [0.15, 0.2) is 0 Å². The van der Waals surface area contributed by atoms with E-state index < -0.39 is 0 Å². The number of benzene rings is 1. The van der Waals surface area contributed by atoms with Gasteiger partial charge < -0.3 is 5.32 Å². The lowest BCUT2D eigenvalue weighted by atomic mass is 10.0. The van der Waals surface area contributed by atoms with E-state index in [1.807, 2.05) is 0 Å². The summed E-state index contributed by atoms with van der Waals surface area (Å²) < 4.78 is 0.511. The molecule has 2 aliphatic rings. The van der Waals surface area contributed by atoms with Gasteiger partial charge in [0.2, 0.25) is 0 Å². The van der Waals surface area contributed by atoms with Crippen molar-refractivity contribution in [1.29, 1.82) is 0 Å². The summed E-state index contributed by atoms with van der Waals surface area (Å²) in [5.74, 6) is 2.41. The Bertz CT molecular complexity index is 427. The van der Waals surface area contributed by atoms with Crippen molar-refractivity contribution >= 4 is 23.5 Å². The molecule has 0 aromatic heterocycles. The molecular formula is C16H23NS2. The lowest BCUT2D eigenvalue weighted by Crippen LogP contribution is -2.38. The highest BCUT2D eigenvalue weighted by molar-refractivity contribution is 8.00. The van der Waals surface area contributed by atoms with Gasteiger partial charge in [-0.1, -0.05) is 37.1 Å².